The molecule has 0 amide bonds. The maximum absolute atomic E-state index is 5.76. The zero-order valence-electron chi connectivity index (χ0n) is 8.99. The van der Waals surface area contributed by atoms with Crippen LogP contribution < -0.4 is 11.1 Å². The Balaban J connectivity index is 2.79. The fraction of sp³-hybridized carbons (Fsp3) is 0.875. The van der Waals surface area contributed by atoms with Gasteiger partial charge in [-0.25, -0.2) is 4.68 Å². The van der Waals surface area contributed by atoms with Crippen molar-refractivity contribution in [1.29, 1.82) is 0 Å². The van der Waals surface area contributed by atoms with E-state index in [0.29, 0.717) is 12.5 Å². The lowest BCUT2D eigenvalue weighted by molar-refractivity contribution is 0.439. The van der Waals surface area contributed by atoms with Crippen LogP contribution in [-0.2, 0) is 7.05 Å². The lowest BCUT2D eigenvalue weighted by Crippen LogP contribution is -2.45. The molecule has 0 radical (unpaired) electrons. The van der Waals surface area contributed by atoms with E-state index >= 15 is 0 Å². The van der Waals surface area contributed by atoms with Crippen molar-refractivity contribution in [2.45, 2.75) is 32.2 Å². The predicted octanol–water partition coefficient (Wildman–Crippen LogP) is 0.139. The standard InChI is InChI=1S/C8H18N6/c1-4-8(5-2,6-9)10-7-11-12-13-14(7)3/h4-6,9H2,1-3H3,(H,10,11,13). The molecule has 1 aromatic heterocycles. The third kappa shape index (κ3) is 2.01. The summed E-state index contributed by atoms with van der Waals surface area (Å²) in [6.07, 6.45) is 1.90. The van der Waals surface area contributed by atoms with Gasteiger partial charge in [0.15, 0.2) is 0 Å². The molecule has 6 heteroatoms. The summed E-state index contributed by atoms with van der Waals surface area (Å²) in [5.74, 6) is 0.666. The molecule has 1 heterocycles. The summed E-state index contributed by atoms with van der Waals surface area (Å²) >= 11 is 0. The molecule has 0 atom stereocenters. The Morgan fingerprint density at radius 2 is 2.07 bits per heavy atom. The Morgan fingerprint density at radius 3 is 2.43 bits per heavy atom. The first-order valence-electron chi connectivity index (χ1n) is 4.88. The van der Waals surface area contributed by atoms with Crippen LogP contribution in [0.1, 0.15) is 26.7 Å². The third-order valence-corrected chi connectivity index (χ3v) is 2.74. The Morgan fingerprint density at radius 1 is 1.43 bits per heavy atom. The molecule has 0 aliphatic rings. The highest BCUT2D eigenvalue weighted by Crippen LogP contribution is 2.18. The molecule has 3 N–H and O–H groups in total. The van der Waals surface area contributed by atoms with Crippen molar-refractivity contribution in [3.63, 3.8) is 0 Å². The minimum atomic E-state index is -0.0948. The van der Waals surface area contributed by atoms with Gasteiger partial charge in [-0.15, -0.1) is 0 Å². The average molecular weight is 198 g/mol. The van der Waals surface area contributed by atoms with Crippen molar-refractivity contribution in [2.75, 3.05) is 11.9 Å². The van der Waals surface area contributed by atoms with Gasteiger partial charge >= 0.3 is 0 Å². The number of anilines is 1. The summed E-state index contributed by atoms with van der Waals surface area (Å²) in [5.41, 5.74) is 5.66. The molecule has 0 unspecified atom stereocenters. The number of hydrogen-bond acceptors (Lipinski definition) is 5. The Labute approximate surface area is 83.9 Å². The number of tetrazole rings is 1. The number of aryl methyl sites for hydroxylation is 1. The molecule has 1 aromatic rings. The van der Waals surface area contributed by atoms with Crippen LogP contribution in [0.5, 0.6) is 0 Å². The van der Waals surface area contributed by atoms with Gasteiger partial charge in [0.25, 0.3) is 0 Å². The normalized spacial score (nSPS) is 11.7. The monoisotopic (exact) mass is 198 g/mol. The predicted molar refractivity (Wildman–Crippen MR) is 54.8 cm³/mol. The van der Waals surface area contributed by atoms with E-state index in [1.54, 1.807) is 11.7 Å². The van der Waals surface area contributed by atoms with Gasteiger partial charge in [-0.1, -0.05) is 18.9 Å². The number of rotatable bonds is 5. The quantitative estimate of drug-likeness (QED) is 0.703. The molecule has 0 saturated carbocycles. The van der Waals surface area contributed by atoms with Crippen molar-refractivity contribution >= 4 is 5.95 Å². The van der Waals surface area contributed by atoms with E-state index in [2.05, 4.69) is 34.7 Å². The molecule has 0 aromatic carbocycles. The first-order valence-corrected chi connectivity index (χ1v) is 4.88. The molecule has 1 rings (SSSR count). The van der Waals surface area contributed by atoms with Crippen molar-refractivity contribution in [3.8, 4) is 0 Å². The summed E-state index contributed by atoms with van der Waals surface area (Å²) in [7, 11) is 1.80. The van der Waals surface area contributed by atoms with Gasteiger partial charge < -0.3 is 11.1 Å². The Hall–Kier alpha value is -1.17. The number of nitrogens with two attached hydrogens (primary N) is 1. The minimum Gasteiger partial charge on any atom is -0.346 e. The van der Waals surface area contributed by atoms with Crippen molar-refractivity contribution in [1.82, 2.24) is 20.2 Å². The molecular weight excluding hydrogens is 180 g/mol. The number of aromatic nitrogens is 4. The second-order valence-electron chi connectivity index (χ2n) is 3.44. The Kier molecular flexibility index (Phi) is 3.40. The molecule has 6 nitrogen and oxygen atoms in total. The van der Waals surface area contributed by atoms with E-state index in [4.69, 9.17) is 5.73 Å². The first-order chi connectivity index (χ1) is 6.67. The summed E-state index contributed by atoms with van der Waals surface area (Å²) in [6.45, 7) is 4.78. The first kappa shape index (κ1) is 10.9. The highest BCUT2D eigenvalue weighted by atomic mass is 15.6. The fourth-order valence-electron chi connectivity index (χ4n) is 1.34. The van der Waals surface area contributed by atoms with Crippen LogP contribution >= 0.6 is 0 Å². The van der Waals surface area contributed by atoms with Crippen LogP contribution in [-0.4, -0.2) is 32.3 Å². The number of nitrogens with one attached hydrogen (secondary N) is 1. The van der Waals surface area contributed by atoms with Gasteiger partial charge in [-0.3, -0.25) is 0 Å². The molecule has 0 saturated heterocycles. The number of hydrogen-bond donors (Lipinski definition) is 2. The van der Waals surface area contributed by atoms with E-state index in [9.17, 15) is 0 Å². The molecular formula is C8H18N6. The van der Waals surface area contributed by atoms with Gasteiger partial charge in [0, 0.05) is 13.6 Å². The molecule has 0 fully saturated rings. The summed E-state index contributed by atoms with van der Waals surface area (Å²) in [5, 5.41) is 14.5. The van der Waals surface area contributed by atoms with Gasteiger partial charge in [-0.05, 0) is 23.3 Å². The highest BCUT2D eigenvalue weighted by Gasteiger charge is 2.25. The smallest absolute Gasteiger partial charge is 0.243 e. The maximum Gasteiger partial charge on any atom is 0.243 e. The second-order valence-corrected chi connectivity index (χ2v) is 3.44. The third-order valence-electron chi connectivity index (χ3n) is 2.74. The summed E-state index contributed by atoms with van der Waals surface area (Å²) < 4.78 is 1.61. The maximum atomic E-state index is 5.76. The fourth-order valence-corrected chi connectivity index (χ4v) is 1.34. The van der Waals surface area contributed by atoms with Gasteiger partial charge in [-0.2, -0.15) is 0 Å². The SMILES string of the molecule is CCC(CC)(CN)Nc1nnnn1C. The largest absolute Gasteiger partial charge is 0.346 e. The zero-order chi connectivity index (χ0) is 10.6. The molecule has 80 valence electrons. The van der Waals surface area contributed by atoms with Crippen molar-refractivity contribution in [3.05, 3.63) is 0 Å². The highest BCUT2D eigenvalue weighted by molar-refractivity contribution is 5.27. The average Bonchev–Trinajstić information content (AvgIpc) is 2.61. The van der Waals surface area contributed by atoms with E-state index in [1.165, 1.54) is 0 Å². The van der Waals surface area contributed by atoms with Crippen LogP contribution in [0.4, 0.5) is 5.95 Å². The molecule has 0 bridgehead atoms. The van der Waals surface area contributed by atoms with E-state index in [1.807, 2.05) is 0 Å². The lowest BCUT2D eigenvalue weighted by atomic mass is 9.93. The zero-order valence-corrected chi connectivity index (χ0v) is 8.99. The lowest BCUT2D eigenvalue weighted by Gasteiger charge is -2.31. The summed E-state index contributed by atoms with van der Waals surface area (Å²) in [6, 6.07) is 0. The number of nitrogens with zero attached hydrogens (tertiary/aromatic N) is 4. The Bertz CT molecular complexity index is 269. The molecule has 0 spiro atoms. The van der Waals surface area contributed by atoms with Crippen LogP contribution in [0, 0.1) is 0 Å². The molecule has 0 aliphatic heterocycles. The molecule has 0 aliphatic carbocycles. The van der Waals surface area contributed by atoms with Crippen LogP contribution in [0.3, 0.4) is 0 Å². The van der Waals surface area contributed by atoms with Gasteiger partial charge in [0.1, 0.15) is 0 Å². The molecule has 14 heavy (non-hydrogen) atoms. The van der Waals surface area contributed by atoms with Crippen molar-refractivity contribution in [2.24, 2.45) is 12.8 Å². The van der Waals surface area contributed by atoms with Gasteiger partial charge in [0.2, 0.25) is 5.95 Å². The van der Waals surface area contributed by atoms with E-state index < -0.39 is 0 Å². The topological polar surface area (TPSA) is 81.7 Å². The van der Waals surface area contributed by atoms with E-state index in [-0.39, 0.29) is 5.54 Å². The minimum absolute atomic E-state index is 0.0948. The van der Waals surface area contributed by atoms with E-state index in [0.717, 1.165) is 12.8 Å². The second kappa shape index (κ2) is 4.36. The van der Waals surface area contributed by atoms with Crippen LogP contribution in [0.25, 0.3) is 0 Å². The van der Waals surface area contributed by atoms with Crippen LogP contribution in [0.2, 0.25) is 0 Å². The summed E-state index contributed by atoms with van der Waals surface area (Å²) in [4.78, 5) is 0. The van der Waals surface area contributed by atoms with Crippen LogP contribution in [0.15, 0.2) is 0 Å². The van der Waals surface area contributed by atoms with Crippen molar-refractivity contribution < 1.29 is 0 Å². The van der Waals surface area contributed by atoms with Gasteiger partial charge in [0.05, 0.1) is 5.54 Å².